The number of carbonyl (C=O) groups is 1. The van der Waals surface area contributed by atoms with E-state index in [0.717, 1.165) is 16.7 Å². The zero-order chi connectivity index (χ0) is 25.1. The summed E-state index contributed by atoms with van der Waals surface area (Å²) < 4.78 is 1.71. The van der Waals surface area contributed by atoms with Crippen LogP contribution in [0.4, 0.5) is 5.82 Å². The van der Waals surface area contributed by atoms with E-state index in [9.17, 15) is 4.79 Å². The van der Waals surface area contributed by atoms with Crippen molar-refractivity contribution in [3.8, 4) is 23.1 Å². The van der Waals surface area contributed by atoms with Crippen LogP contribution in [0.25, 0.3) is 22.3 Å². The van der Waals surface area contributed by atoms with Crippen molar-refractivity contribution in [2.75, 3.05) is 5.73 Å². The summed E-state index contributed by atoms with van der Waals surface area (Å²) in [5.41, 5.74) is 10.9. The third-order valence-corrected chi connectivity index (χ3v) is 5.51. The molecule has 0 radical (unpaired) electrons. The first-order valence-corrected chi connectivity index (χ1v) is 11.2. The van der Waals surface area contributed by atoms with Gasteiger partial charge in [0.25, 0.3) is 5.91 Å². The highest BCUT2D eigenvalue weighted by atomic mass is 16.2. The molecule has 9 heteroatoms. The third-order valence-electron chi connectivity index (χ3n) is 5.51. The SMILES string of the molecule is C[C@H](NC(=O)c1nccnc1N)c1nc2cccc(C#Cc3cnn(C)c3)c2nc1-c1ccccc1. The van der Waals surface area contributed by atoms with Crippen LogP contribution >= 0.6 is 0 Å². The van der Waals surface area contributed by atoms with Gasteiger partial charge in [-0.25, -0.2) is 19.9 Å². The summed E-state index contributed by atoms with van der Waals surface area (Å²) in [6.07, 6.45) is 6.43. The molecule has 3 N–H and O–H groups in total. The highest BCUT2D eigenvalue weighted by Crippen LogP contribution is 2.28. The van der Waals surface area contributed by atoms with Crippen LogP contribution in [0.15, 0.2) is 73.3 Å². The average Bonchev–Trinajstić information content (AvgIpc) is 3.32. The van der Waals surface area contributed by atoms with Crippen LogP contribution in [-0.2, 0) is 7.05 Å². The number of benzene rings is 2. The Hall–Kier alpha value is -5.10. The van der Waals surface area contributed by atoms with Gasteiger partial charge in [0.2, 0.25) is 0 Å². The van der Waals surface area contributed by atoms with E-state index >= 15 is 0 Å². The first kappa shape index (κ1) is 22.7. The molecule has 0 aliphatic heterocycles. The second-order valence-electron chi connectivity index (χ2n) is 8.13. The van der Waals surface area contributed by atoms with Gasteiger partial charge in [-0.3, -0.25) is 9.48 Å². The number of aryl methyl sites for hydroxylation is 1. The molecule has 0 aliphatic carbocycles. The molecule has 3 heterocycles. The fourth-order valence-corrected chi connectivity index (χ4v) is 3.78. The van der Waals surface area contributed by atoms with Crippen LogP contribution in [0.3, 0.4) is 0 Å². The fourth-order valence-electron chi connectivity index (χ4n) is 3.78. The van der Waals surface area contributed by atoms with Gasteiger partial charge in [-0.2, -0.15) is 5.10 Å². The minimum absolute atomic E-state index is 0.0620. The van der Waals surface area contributed by atoms with Gasteiger partial charge in [0, 0.05) is 31.2 Å². The van der Waals surface area contributed by atoms with Crippen molar-refractivity contribution in [2.45, 2.75) is 13.0 Å². The largest absolute Gasteiger partial charge is 0.382 e. The lowest BCUT2D eigenvalue weighted by Gasteiger charge is -2.18. The van der Waals surface area contributed by atoms with Crippen LogP contribution < -0.4 is 11.1 Å². The van der Waals surface area contributed by atoms with Crippen molar-refractivity contribution < 1.29 is 4.79 Å². The number of hydrogen-bond acceptors (Lipinski definition) is 7. The maximum absolute atomic E-state index is 12.9. The zero-order valence-electron chi connectivity index (χ0n) is 19.7. The number of nitrogens with two attached hydrogens (primary N) is 1. The summed E-state index contributed by atoms with van der Waals surface area (Å²) in [5.74, 6) is 5.96. The van der Waals surface area contributed by atoms with Gasteiger partial charge in [-0.1, -0.05) is 48.2 Å². The van der Waals surface area contributed by atoms with Gasteiger partial charge in [-0.05, 0) is 19.1 Å². The molecule has 0 saturated carbocycles. The van der Waals surface area contributed by atoms with Gasteiger partial charge < -0.3 is 11.1 Å². The summed E-state index contributed by atoms with van der Waals surface area (Å²) in [6, 6.07) is 14.9. The molecule has 5 rings (SSSR count). The molecular weight excluding hydrogens is 452 g/mol. The van der Waals surface area contributed by atoms with E-state index in [1.54, 1.807) is 10.9 Å². The minimum atomic E-state index is -0.490. The van der Waals surface area contributed by atoms with Crippen LogP contribution in [0, 0.1) is 11.8 Å². The van der Waals surface area contributed by atoms with Gasteiger partial charge in [-0.15, -0.1) is 0 Å². The molecule has 3 aromatic heterocycles. The first-order chi connectivity index (χ1) is 17.5. The smallest absolute Gasteiger partial charge is 0.274 e. The first-order valence-electron chi connectivity index (χ1n) is 11.2. The van der Waals surface area contributed by atoms with Gasteiger partial charge in [0.15, 0.2) is 11.5 Å². The second-order valence-corrected chi connectivity index (χ2v) is 8.13. The van der Waals surface area contributed by atoms with Gasteiger partial charge >= 0.3 is 0 Å². The fraction of sp³-hybridized carbons (Fsp3) is 0.111. The summed E-state index contributed by atoms with van der Waals surface area (Å²) >= 11 is 0. The molecule has 0 spiro atoms. The van der Waals surface area contributed by atoms with E-state index in [4.69, 9.17) is 15.7 Å². The van der Waals surface area contributed by atoms with Crippen molar-refractivity contribution in [2.24, 2.45) is 7.05 Å². The Morgan fingerprint density at radius 2 is 1.83 bits per heavy atom. The molecule has 1 atom stereocenters. The van der Waals surface area contributed by atoms with Crippen LogP contribution in [-0.4, -0.2) is 35.6 Å². The van der Waals surface area contributed by atoms with E-state index in [-0.39, 0.29) is 11.5 Å². The number of anilines is 1. The summed E-state index contributed by atoms with van der Waals surface area (Å²) in [5, 5.41) is 7.09. The van der Waals surface area contributed by atoms with Crippen LogP contribution in [0.2, 0.25) is 0 Å². The maximum Gasteiger partial charge on any atom is 0.274 e. The van der Waals surface area contributed by atoms with Crippen molar-refractivity contribution in [1.82, 2.24) is 35.0 Å². The zero-order valence-corrected chi connectivity index (χ0v) is 19.7. The molecule has 176 valence electrons. The summed E-state index contributed by atoms with van der Waals surface area (Å²) in [7, 11) is 1.85. The molecule has 0 aliphatic rings. The van der Waals surface area contributed by atoms with E-state index in [1.807, 2.05) is 68.7 Å². The molecule has 0 bridgehead atoms. The highest BCUT2D eigenvalue weighted by Gasteiger charge is 2.21. The Labute approximate surface area is 207 Å². The van der Waals surface area contributed by atoms with E-state index in [0.29, 0.717) is 22.4 Å². The van der Waals surface area contributed by atoms with Crippen LogP contribution in [0.1, 0.15) is 40.3 Å². The lowest BCUT2D eigenvalue weighted by molar-refractivity contribution is 0.0935. The van der Waals surface area contributed by atoms with Crippen LogP contribution in [0.5, 0.6) is 0 Å². The van der Waals surface area contributed by atoms with E-state index in [1.165, 1.54) is 12.4 Å². The predicted octanol–water partition coefficient (Wildman–Crippen LogP) is 3.29. The molecular formula is C27H22N8O. The molecule has 36 heavy (non-hydrogen) atoms. The molecule has 9 nitrogen and oxygen atoms in total. The number of para-hydroxylation sites is 1. The Bertz CT molecular complexity index is 1630. The van der Waals surface area contributed by atoms with Gasteiger partial charge in [0.05, 0.1) is 40.3 Å². The maximum atomic E-state index is 12.9. The van der Waals surface area contributed by atoms with E-state index < -0.39 is 11.9 Å². The molecule has 2 aromatic carbocycles. The normalized spacial score (nSPS) is 11.5. The molecule has 0 unspecified atom stereocenters. The number of fused-ring (bicyclic) bond motifs is 1. The molecule has 1 amide bonds. The lowest BCUT2D eigenvalue weighted by atomic mass is 10.0. The van der Waals surface area contributed by atoms with E-state index in [2.05, 4.69) is 32.2 Å². The van der Waals surface area contributed by atoms with Gasteiger partial charge in [0.1, 0.15) is 5.52 Å². The second kappa shape index (κ2) is 9.64. The number of nitrogen functional groups attached to an aromatic ring is 1. The number of carbonyl (C=O) groups excluding carboxylic acids is 1. The number of hydrogen-bond donors (Lipinski definition) is 2. The Morgan fingerprint density at radius 1 is 1.03 bits per heavy atom. The van der Waals surface area contributed by atoms with Crippen molar-refractivity contribution in [3.63, 3.8) is 0 Å². The summed E-state index contributed by atoms with van der Waals surface area (Å²) in [4.78, 5) is 30.8. The molecule has 0 saturated heterocycles. The number of nitrogens with one attached hydrogen (secondary N) is 1. The topological polar surface area (TPSA) is 125 Å². The average molecular weight is 475 g/mol. The van der Waals surface area contributed by atoms with Crippen molar-refractivity contribution >= 4 is 22.8 Å². The highest BCUT2D eigenvalue weighted by molar-refractivity contribution is 5.96. The lowest BCUT2D eigenvalue weighted by Crippen LogP contribution is -2.29. The Morgan fingerprint density at radius 3 is 2.58 bits per heavy atom. The predicted molar refractivity (Wildman–Crippen MR) is 136 cm³/mol. The Balaban J connectivity index is 1.59. The van der Waals surface area contributed by atoms with Crippen molar-refractivity contribution in [3.05, 3.63) is 95.8 Å². The quantitative estimate of drug-likeness (QED) is 0.383. The number of rotatable bonds is 4. The molecule has 5 aromatic rings. The molecule has 0 fully saturated rings. The monoisotopic (exact) mass is 474 g/mol. The Kier molecular flexibility index (Phi) is 6.07. The summed E-state index contributed by atoms with van der Waals surface area (Å²) in [6.45, 7) is 1.85. The third kappa shape index (κ3) is 4.60. The minimum Gasteiger partial charge on any atom is -0.382 e. The standard InChI is InChI=1S/C27H22N8O/c1-17(32-27(36)25-26(28)30-14-13-29-25)22-24(19-7-4-3-5-8-19)34-23-20(9-6-10-21(23)33-22)12-11-18-15-31-35(2)16-18/h3-10,13-17H,1-2H3,(H2,28,30)(H,32,36)/t17-/m0/s1. The number of nitrogens with zero attached hydrogens (tertiary/aromatic N) is 6. The van der Waals surface area contributed by atoms with Crippen molar-refractivity contribution in [1.29, 1.82) is 0 Å². The number of aromatic nitrogens is 6. The number of amides is 1.